The van der Waals surface area contributed by atoms with E-state index in [1.165, 1.54) is 24.5 Å². The summed E-state index contributed by atoms with van der Waals surface area (Å²) in [6, 6.07) is 9.67. The van der Waals surface area contributed by atoms with Crippen molar-refractivity contribution < 1.29 is 22.4 Å². The molecule has 0 radical (unpaired) electrons. The van der Waals surface area contributed by atoms with Crippen molar-refractivity contribution >= 4 is 27.5 Å². The second kappa shape index (κ2) is 10.0. The summed E-state index contributed by atoms with van der Waals surface area (Å²) < 4.78 is 54.0. The Kier molecular flexibility index (Phi) is 7.02. The number of alkyl halides is 3. The van der Waals surface area contributed by atoms with Gasteiger partial charge in [-0.25, -0.2) is 9.37 Å². The van der Waals surface area contributed by atoms with Crippen LogP contribution in [0.4, 0.5) is 23.4 Å². The molecule has 184 valence electrons. The zero-order valence-corrected chi connectivity index (χ0v) is 20.0. The Morgan fingerprint density at radius 1 is 1.00 bits per heavy atom. The zero-order chi connectivity index (χ0) is 26.0. The van der Waals surface area contributed by atoms with Crippen LogP contribution in [0, 0.1) is 5.82 Å². The number of nitrogens with two attached hydrogens (primary N) is 1. The number of ketones is 1. The Hall–Kier alpha value is -3.86. The number of nitrogen functional groups attached to an aromatic ring is 1. The van der Waals surface area contributed by atoms with Crippen LogP contribution < -0.4 is 11.2 Å². The number of hydrogen-bond donors (Lipinski definition) is 1. The monoisotopic (exact) mass is 560 g/mol. The minimum Gasteiger partial charge on any atom is -0.383 e. The highest BCUT2D eigenvalue weighted by atomic mass is 79.9. The van der Waals surface area contributed by atoms with E-state index in [0.29, 0.717) is 21.3 Å². The predicted octanol–water partition coefficient (Wildman–Crippen LogP) is 5.44. The van der Waals surface area contributed by atoms with Gasteiger partial charge in [-0.3, -0.25) is 14.6 Å². The Bertz CT molecular complexity index is 1480. The summed E-state index contributed by atoms with van der Waals surface area (Å²) in [7, 11) is 0. The number of benzene rings is 1. The third kappa shape index (κ3) is 5.85. The molecule has 0 spiro atoms. The van der Waals surface area contributed by atoms with Crippen LogP contribution in [0.15, 0.2) is 76.5 Å². The maximum atomic E-state index is 13.3. The van der Waals surface area contributed by atoms with Crippen LogP contribution in [0.3, 0.4) is 0 Å². The van der Waals surface area contributed by atoms with Crippen LogP contribution in [0.25, 0.3) is 22.4 Å². The van der Waals surface area contributed by atoms with E-state index >= 15 is 0 Å². The van der Waals surface area contributed by atoms with Gasteiger partial charge in [0.25, 0.3) is 0 Å². The lowest BCUT2D eigenvalue weighted by Crippen LogP contribution is -2.25. The van der Waals surface area contributed by atoms with Gasteiger partial charge in [0.2, 0.25) is 0 Å². The second-order valence-electron chi connectivity index (χ2n) is 7.95. The molecule has 2 N–H and O–H groups in total. The number of anilines is 1. The first-order valence-corrected chi connectivity index (χ1v) is 11.3. The summed E-state index contributed by atoms with van der Waals surface area (Å²) in [6.45, 7) is -1.40. The fraction of sp³-hybridized carbons (Fsp3) is 0.120. The summed E-state index contributed by atoms with van der Waals surface area (Å²) in [4.78, 5) is 34.4. The number of hydrogen-bond acceptors (Lipinski definition) is 5. The molecule has 0 atom stereocenters. The second-order valence-corrected chi connectivity index (χ2v) is 8.86. The van der Waals surface area contributed by atoms with Gasteiger partial charge in [-0.2, -0.15) is 13.2 Å². The molecule has 0 bridgehead atoms. The summed E-state index contributed by atoms with van der Waals surface area (Å²) in [5.74, 6) is -0.992. The fourth-order valence-corrected chi connectivity index (χ4v) is 3.92. The molecule has 0 aliphatic rings. The average molecular weight is 561 g/mol. The largest absolute Gasteiger partial charge is 0.406 e. The number of pyridine rings is 3. The number of halogens is 5. The molecule has 0 amide bonds. The normalized spacial score (nSPS) is 11.5. The third-order valence-corrected chi connectivity index (χ3v) is 5.68. The molecule has 0 saturated carbocycles. The lowest BCUT2D eigenvalue weighted by Gasteiger charge is -2.14. The first-order valence-electron chi connectivity index (χ1n) is 10.5. The molecule has 4 rings (SSSR count). The number of Topliss-reactive ketones (excluding diaryl/α,β-unsaturated/α-hetero) is 1. The van der Waals surface area contributed by atoms with Crippen molar-refractivity contribution in [2.75, 3.05) is 5.73 Å². The van der Waals surface area contributed by atoms with Crippen LogP contribution in [-0.2, 0) is 13.0 Å². The van der Waals surface area contributed by atoms with Crippen LogP contribution in [-0.4, -0.2) is 26.5 Å². The Morgan fingerprint density at radius 3 is 2.36 bits per heavy atom. The molecule has 1 aromatic carbocycles. The van der Waals surface area contributed by atoms with E-state index in [1.807, 2.05) is 0 Å². The van der Waals surface area contributed by atoms with Crippen molar-refractivity contribution in [2.24, 2.45) is 0 Å². The molecular weight excluding hydrogens is 544 g/mol. The zero-order valence-electron chi connectivity index (χ0n) is 18.4. The van der Waals surface area contributed by atoms with Crippen LogP contribution >= 0.6 is 15.9 Å². The van der Waals surface area contributed by atoms with Crippen molar-refractivity contribution in [2.45, 2.75) is 19.1 Å². The van der Waals surface area contributed by atoms with Crippen molar-refractivity contribution in [1.82, 2.24) is 14.5 Å². The topological polar surface area (TPSA) is 90.9 Å². The summed E-state index contributed by atoms with van der Waals surface area (Å²) in [6.07, 6.45) is 0.00255. The molecule has 0 unspecified atom stereocenters. The van der Waals surface area contributed by atoms with Crippen molar-refractivity contribution in [3.63, 3.8) is 0 Å². The van der Waals surface area contributed by atoms with E-state index in [9.17, 15) is 27.2 Å². The van der Waals surface area contributed by atoms with Gasteiger partial charge >= 0.3 is 6.18 Å². The van der Waals surface area contributed by atoms with Gasteiger partial charge in [0.15, 0.2) is 11.2 Å². The quantitative estimate of drug-likeness (QED) is 0.250. The summed E-state index contributed by atoms with van der Waals surface area (Å²) in [5.41, 5.74) is 6.31. The van der Waals surface area contributed by atoms with Crippen LogP contribution in [0.2, 0.25) is 0 Å². The van der Waals surface area contributed by atoms with E-state index in [2.05, 4.69) is 25.9 Å². The number of nitrogens with zero attached hydrogens (tertiary/aromatic N) is 3. The highest BCUT2D eigenvalue weighted by Gasteiger charge is 2.28. The molecule has 11 heteroatoms. The molecule has 0 saturated heterocycles. The Morgan fingerprint density at radius 2 is 1.72 bits per heavy atom. The van der Waals surface area contributed by atoms with Crippen molar-refractivity contribution in [3.8, 4) is 22.4 Å². The number of rotatable bonds is 6. The van der Waals surface area contributed by atoms with Gasteiger partial charge in [0.1, 0.15) is 18.2 Å². The lowest BCUT2D eigenvalue weighted by molar-refractivity contribution is -0.140. The molecule has 0 aliphatic carbocycles. The SMILES string of the molecule is Nc1ncc(Br)cc1-c1ccc(CC(=O)c2cn(CC(F)(F)F)cc(-c3ccc(F)cc3)c2=O)cn1. The third-order valence-electron chi connectivity index (χ3n) is 5.25. The Balaban J connectivity index is 1.67. The first kappa shape index (κ1) is 25.2. The molecule has 0 fully saturated rings. The lowest BCUT2D eigenvalue weighted by atomic mass is 10.00. The first-order chi connectivity index (χ1) is 17.0. The molecule has 4 aromatic rings. The number of carbonyl (C=O) groups excluding carboxylic acids is 1. The minimum atomic E-state index is -4.58. The van der Waals surface area contributed by atoms with Gasteiger partial charge in [-0.1, -0.05) is 18.2 Å². The molecule has 3 aromatic heterocycles. The van der Waals surface area contributed by atoms with Crippen molar-refractivity contribution in [3.05, 3.63) is 98.9 Å². The molecule has 0 aliphatic heterocycles. The highest BCUT2D eigenvalue weighted by molar-refractivity contribution is 9.10. The molecule has 3 heterocycles. The van der Waals surface area contributed by atoms with Crippen molar-refractivity contribution in [1.29, 1.82) is 0 Å². The maximum absolute atomic E-state index is 13.3. The van der Waals surface area contributed by atoms with E-state index in [1.54, 1.807) is 18.2 Å². The maximum Gasteiger partial charge on any atom is 0.406 e. The van der Waals surface area contributed by atoms with Gasteiger partial charge in [-0.15, -0.1) is 0 Å². The summed E-state index contributed by atoms with van der Waals surface area (Å²) >= 11 is 3.31. The standard InChI is InChI=1S/C25H17BrF4N4O2/c26-16-8-18(24(31)33-10-16)21-6-1-14(9-32-21)7-22(35)20-12-34(13-25(28,29)30)11-19(23(20)36)15-2-4-17(27)5-3-15/h1-6,8-12H,7,13H2,(H2,31,33). The van der Waals surface area contributed by atoms with Gasteiger partial charge in [0.05, 0.1) is 11.3 Å². The fourth-order valence-electron chi connectivity index (χ4n) is 3.59. The average Bonchev–Trinajstić information content (AvgIpc) is 2.82. The predicted molar refractivity (Wildman–Crippen MR) is 130 cm³/mol. The van der Waals surface area contributed by atoms with Gasteiger partial charge in [-0.05, 0) is 51.3 Å². The molecule has 6 nitrogen and oxygen atoms in total. The number of carbonyl (C=O) groups is 1. The van der Waals surface area contributed by atoms with E-state index in [-0.39, 0.29) is 23.4 Å². The summed E-state index contributed by atoms with van der Waals surface area (Å²) in [5, 5.41) is 0. The minimum absolute atomic E-state index is 0.142. The van der Waals surface area contributed by atoms with E-state index in [4.69, 9.17) is 5.73 Å². The number of aromatic nitrogens is 3. The van der Waals surface area contributed by atoms with Gasteiger partial charge < -0.3 is 10.3 Å². The molecular formula is C25H17BrF4N4O2. The van der Waals surface area contributed by atoms with Gasteiger partial charge in [0, 0.05) is 46.8 Å². The van der Waals surface area contributed by atoms with Crippen LogP contribution in [0.5, 0.6) is 0 Å². The highest BCUT2D eigenvalue weighted by Crippen LogP contribution is 2.26. The van der Waals surface area contributed by atoms with Crippen LogP contribution in [0.1, 0.15) is 15.9 Å². The Labute approximate surface area is 210 Å². The van der Waals surface area contributed by atoms with E-state index in [0.717, 1.165) is 29.1 Å². The smallest absolute Gasteiger partial charge is 0.383 e. The molecule has 36 heavy (non-hydrogen) atoms. The van der Waals surface area contributed by atoms with E-state index < -0.39 is 35.3 Å².